The molecular formula is C15H17ClN2O3S. The monoisotopic (exact) mass is 340 g/mol. The number of aromatic nitrogens is 1. The Balaban J connectivity index is 2.37. The second-order valence-corrected chi connectivity index (χ2v) is 8.64. The maximum atomic E-state index is 12.3. The second-order valence-electron chi connectivity index (χ2n) is 5.80. The highest BCUT2D eigenvalue weighted by Gasteiger charge is 2.31. The van der Waals surface area contributed by atoms with Gasteiger partial charge >= 0.3 is 0 Å². The molecule has 1 aromatic heterocycles. The molecule has 22 heavy (non-hydrogen) atoms. The number of nitrogens with one attached hydrogen (secondary N) is 1. The topological polar surface area (TPSA) is 68.2 Å². The van der Waals surface area contributed by atoms with E-state index in [2.05, 4.69) is 4.72 Å². The van der Waals surface area contributed by atoms with E-state index in [-0.39, 0.29) is 10.6 Å². The van der Waals surface area contributed by atoms with E-state index in [0.29, 0.717) is 5.69 Å². The molecule has 1 amide bonds. The van der Waals surface area contributed by atoms with Gasteiger partial charge in [0.2, 0.25) is 10.0 Å². The molecule has 118 valence electrons. The molecule has 0 saturated heterocycles. The smallest absolute Gasteiger partial charge is 0.266 e. The van der Waals surface area contributed by atoms with Crippen molar-refractivity contribution in [2.24, 2.45) is 0 Å². The zero-order valence-electron chi connectivity index (χ0n) is 12.5. The van der Waals surface area contributed by atoms with Crippen molar-refractivity contribution in [3.8, 4) is 5.69 Å². The van der Waals surface area contributed by atoms with Crippen LogP contribution in [0.5, 0.6) is 0 Å². The lowest BCUT2D eigenvalue weighted by Crippen LogP contribution is -2.42. The molecule has 1 N–H and O–H groups in total. The van der Waals surface area contributed by atoms with Gasteiger partial charge in [-0.25, -0.2) is 13.1 Å². The predicted octanol–water partition coefficient (Wildman–Crippen LogP) is 2.99. The molecule has 5 nitrogen and oxygen atoms in total. The normalized spacial score (nSPS) is 12.2. The Labute approximate surface area is 135 Å². The van der Waals surface area contributed by atoms with Crippen molar-refractivity contribution < 1.29 is 13.2 Å². The highest BCUT2D eigenvalue weighted by Crippen LogP contribution is 2.21. The Kier molecular flexibility index (Phi) is 4.35. The number of carbonyl (C=O) groups excluding carboxylic acids is 1. The average molecular weight is 341 g/mol. The van der Waals surface area contributed by atoms with Gasteiger partial charge in [0.1, 0.15) is 0 Å². The predicted molar refractivity (Wildman–Crippen MR) is 86.9 cm³/mol. The van der Waals surface area contributed by atoms with Crippen LogP contribution in [-0.2, 0) is 10.0 Å². The molecule has 1 heterocycles. The summed E-state index contributed by atoms with van der Waals surface area (Å²) in [4.78, 5) is 12.3. The number of sulfonamides is 1. The summed E-state index contributed by atoms with van der Waals surface area (Å²) in [7, 11) is -3.79. The molecule has 0 aliphatic carbocycles. The summed E-state index contributed by atoms with van der Waals surface area (Å²) in [6, 6.07) is 8.56. The number of rotatable bonds is 3. The Morgan fingerprint density at radius 2 is 1.77 bits per heavy atom. The quantitative estimate of drug-likeness (QED) is 0.933. The van der Waals surface area contributed by atoms with E-state index in [9.17, 15) is 13.2 Å². The largest absolute Gasteiger partial charge is 0.324 e. The number of hydrogen-bond acceptors (Lipinski definition) is 3. The lowest BCUT2D eigenvalue weighted by Gasteiger charge is -2.20. The first-order valence-electron chi connectivity index (χ1n) is 6.61. The fraction of sp³-hybridized carbons (Fsp3) is 0.267. The van der Waals surface area contributed by atoms with Gasteiger partial charge in [-0.1, -0.05) is 11.6 Å². The van der Waals surface area contributed by atoms with E-state index in [4.69, 9.17) is 11.6 Å². The van der Waals surface area contributed by atoms with Crippen molar-refractivity contribution in [3.05, 3.63) is 53.3 Å². The minimum atomic E-state index is -3.79. The molecule has 0 aliphatic heterocycles. The fourth-order valence-corrected chi connectivity index (χ4v) is 2.55. The number of benzene rings is 1. The molecule has 7 heteroatoms. The maximum absolute atomic E-state index is 12.3. The summed E-state index contributed by atoms with van der Waals surface area (Å²) in [6.07, 6.45) is 3.63. The number of halogens is 1. The zero-order valence-corrected chi connectivity index (χ0v) is 14.1. The summed E-state index contributed by atoms with van der Waals surface area (Å²) in [6.45, 7) is 4.54. The van der Waals surface area contributed by atoms with Gasteiger partial charge in [-0.2, -0.15) is 0 Å². The number of carbonyl (C=O) groups is 1. The summed E-state index contributed by atoms with van der Waals surface area (Å²) < 4.78 is 26.9. The number of nitrogens with zero attached hydrogens (tertiary/aromatic N) is 1. The lowest BCUT2D eigenvalue weighted by atomic mass is 10.2. The SMILES string of the molecule is CC(C)(C)S(=O)(=O)NC(=O)c1cc(-n2cccc2)ccc1Cl. The third-order valence-corrected chi connectivity index (χ3v) is 5.53. The van der Waals surface area contributed by atoms with E-state index < -0.39 is 20.7 Å². The van der Waals surface area contributed by atoms with Gasteiger partial charge in [0.25, 0.3) is 5.91 Å². The first kappa shape index (κ1) is 16.6. The third kappa shape index (κ3) is 3.34. The third-order valence-electron chi connectivity index (χ3n) is 3.13. The lowest BCUT2D eigenvalue weighted by molar-refractivity contribution is 0.0980. The van der Waals surface area contributed by atoms with Crippen LogP contribution in [-0.4, -0.2) is 23.6 Å². The van der Waals surface area contributed by atoms with Gasteiger partial charge in [-0.15, -0.1) is 0 Å². The average Bonchev–Trinajstić information content (AvgIpc) is 2.91. The minimum absolute atomic E-state index is 0.112. The fourth-order valence-electron chi connectivity index (χ4n) is 1.68. The van der Waals surface area contributed by atoms with E-state index >= 15 is 0 Å². The van der Waals surface area contributed by atoms with Crippen LogP contribution in [0, 0.1) is 0 Å². The molecule has 0 fully saturated rings. The second kappa shape index (κ2) is 5.78. The molecule has 2 rings (SSSR count). The van der Waals surface area contributed by atoms with Crippen LogP contribution in [0.25, 0.3) is 5.69 Å². The van der Waals surface area contributed by atoms with E-state index in [1.165, 1.54) is 20.8 Å². The van der Waals surface area contributed by atoms with Gasteiger partial charge in [-0.3, -0.25) is 4.79 Å². The number of hydrogen-bond donors (Lipinski definition) is 1. The van der Waals surface area contributed by atoms with E-state index in [1.807, 2.05) is 24.5 Å². The van der Waals surface area contributed by atoms with Gasteiger partial charge in [0.05, 0.1) is 15.3 Å². The van der Waals surface area contributed by atoms with Crippen molar-refractivity contribution in [3.63, 3.8) is 0 Å². The van der Waals surface area contributed by atoms with E-state index in [0.717, 1.165) is 0 Å². The molecule has 0 spiro atoms. The molecule has 2 aromatic rings. The minimum Gasteiger partial charge on any atom is -0.324 e. The summed E-state index contributed by atoms with van der Waals surface area (Å²) in [5.41, 5.74) is 0.827. The highest BCUT2D eigenvalue weighted by atomic mass is 35.5. The molecular weight excluding hydrogens is 324 g/mol. The Morgan fingerprint density at radius 3 is 2.32 bits per heavy atom. The van der Waals surface area contributed by atoms with Gasteiger partial charge < -0.3 is 4.57 Å². The van der Waals surface area contributed by atoms with Crippen LogP contribution >= 0.6 is 11.6 Å². The summed E-state index contributed by atoms with van der Waals surface area (Å²) >= 11 is 6.03. The van der Waals surface area contributed by atoms with Crippen LogP contribution in [0.3, 0.4) is 0 Å². The molecule has 0 aliphatic rings. The van der Waals surface area contributed by atoms with Crippen molar-refractivity contribution in [1.29, 1.82) is 0 Å². The number of amides is 1. The van der Waals surface area contributed by atoms with Gasteiger partial charge in [-0.05, 0) is 51.1 Å². The van der Waals surface area contributed by atoms with Crippen LogP contribution in [0.4, 0.5) is 0 Å². The maximum Gasteiger partial charge on any atom is 0.266 e. The molecule has 1 aromatic carbocycles. The Bertz CT molecular complexity index is 791. The first-order valence-corrected chi connectivity index (χ1v) is 8.47. The van der Waals surface area contributed by atoms with E-state index in [1.54, 1.807) is 22.8 Å². The molecule has 0 saturated carbocycles. The Morgan fingerprint density at radius 1 is 1.18 bits per heavy atom. The summed E-state index contributed by atoms with van der Waals surface area (Å²) in [5.74, 6) is -0.742. The van der Waals surface area contributed by atoms with Crippen molar-refractivity contribution >= 4 is 27.5 Å². The van der Waals surface area contributed by atoms with Crippen molar-refractivity contribution in [2.75, 3.05) is 0 Å². The van der Waals surface area contributed by atoms with Crippen LogP contribution in [0.2, 0.25) is 5.02 Å². The Hall–Kier alpha value is -1.79. The van der Waals surface area contributed by atoms with Crippen LogP contribution < -0.4 is 4.72 Å². The van der Waals surface area contributed by atoms with Gasteiger partial charge in [0.15, 0.2) is 0 Å². The zero-order chi connectivity index (χ0) is 16.5. The molecule has 0 bridgehead atoms. The van der Waals surface area contributed by atoms with Gasteiger partial charge in [0, 0.05) is 18.1 Å². The van der Waals surface area contributed by atoms with Crippen LogP contribution in [0.15, 0.2) is 42.7 Å². The molecule has 0 radical (unpaired) electrons. The summed E-state index contributed by atoms with van der Waals surface area (Å²) in [5, 5.41) is 0.192. The highest BCUT2D eigenvalue weighted by molar-refractivity contribution is 7.91. The van der Waals surface area contributed by atoms with Crippen LogP contribution in [0.1, 0.15) is 31.1 Å². The molecule has 0 unspecified atom stereocenters. The first-order chi connectivity index (χ1) is 10.1. The molecule has 0 atom stereocenters. The standard InChI is InChI=1S/C15H17ClN2O3S/c1-15(2,3)22(20,21)17-14(19)12-10-11(6-7-13(12)16)18-8-4-5-9-18/h4-10H,1-3H3,(H,17,19). The van der Waals surface area contributed by atoms with Crippen molar-refractivity contribution in [2.45, 2.75) is 25.5 Å². The van der Waals surface area contributed by atoms with Crippen molar-refractivity contribution in [1.82, 2.24) is 9.29 Å².